The first-order chi connectivity index (χ1) is 14.4. The second-order valence-electron chi connectivity index (χ2n) is 6.63. The van der Waals surface area contributed by atoms with Gasteiger partial charge in [0.25, 0.3) is 0 Å². The summed E-state index contributed by atoms with van der Waals surface area (Å²) in [6.45, 7) is 4.21. The molecule has 5 nitrogen and oxygen atoms in total. The fraction of sp³-hybridized carbons (Fsp3) is 0.364. The van der Waals surface area contributed by atoms with Gasteiger partial charge in [0.05, 0.1) is 12.9 Å². The molecule has 0 saturated carbocycles. The van der Waals surface area contributed by atoms with Crippen LogP contribution in [-0.4, -0.2) is 42.2 Å². The minimum Gasteiger partial charge on any atom is -0.497 e. The van der Waals surface area contributed by atoms with Crippen molar-refractivity contribution in [2.45, 2.75) is 32.2 Å². The molecule has 162 valence electrons. The topological polar surface area (TPSA) is 58.6 Å². The maximum atomic E-state index is 13.0. The number of thioether (sulfide) groups is 1. The number of nitrogens with one attached hydrogen (secondary N) is 1. The summed E-state index contributed by atoms with van der Waals surface area (Å²) in [5, 5.41) is 3.70. The molecule has 2 aromatic carbocycles. The van der Waals surface area contributed by atoms with Crippen LogP contribution in [0.15, 0.2) is 42.5 Å². The molecule has 0 heterocycles. The van der Waals surface area contributed by atoms with Gasteiger partial charge in [0.1, 0.15) is 11.8 Å². The van der Waals surface area contributed by atoms with Gasteiger partial charge in [-0.15, -0.1) is 11.8 Å². The number of rotatable bonds is 10. The lowest BCUT2D eigenvalue weighted by molar-refractivity contribution is -0.138. The Bertz CT molecular complexity index is 842. The quantitative estimate of drug-likeness (QED) is 0.544. The van der Waals surface area contributed by atoms with E-state index < -0.39 is 6.04 Å². The van der Waals surface area contributed by atoms with Crippen LogP contribution in [0.3, 0.4) is 0 Å². The first-order valence-electron chi connectivity index (χ1n) is 9.58. The number of benzene rings is 2. The van der Waals surface area contributed by atoms with Crippen molar-refractivity contribution in [3.05, 3.63) is 63.6 Å². The number of likely N-dealkylation sites (N-methyl/N-ethyl adjacent to an activating group) is 1. The molecule has 1 N–H and O–H groups in total. The Labute approximate surface area is 192 Å². The average Bonchev–Trinajstić information content (AvgIpc) is 2.73. The van der Waals surface area contributed by atoms with E-state index in [9.17, 15) is 9.59 Å². The SMILES string of the molecule is CCNC(=O)[C@@H](C)N(Cc1c(Cl)cccc1Cl)C(=O)CSCc1ccc(OC)cc1. The van der Waals surface area contributed by atoms with Gasteiger partial charge < -0.3 is 15.0 Å². The monoisotopic (exact) mass is 468 g/mol. The largest absolute Gasteiger partial charge is 0.497 e. The number of halogens is 2. The molecule has 8 heteroatoms. The van der Waals surface area contributed by atoms with Gasteiger partial charge >= 0.3 is 0 Å². The fourth-order valence-corrected chi connectivity index (χ4v) is 4.21. The summed E-state index contributed by atoms with van der Waals surface area (Å²) < 4.78 is 5.16. The first kappa shape index (κ1) is 24.4. The van der Waals surface area contributed by atoms with Crippen LogP contribution in [0.4, 0.5) is 0 Å². The van der Waals surface area contributed by atoms with E-state index in [0.717, 1.165) is 11.3 Å². The highest BCUT2D eigenvalue weighted by Gasteiger charge is 2.27. The third-order valence-electron chi connectivity index (χ3n) is 4.56. The number of carbonyl (C=O) groups excluding carboxylic acids is 2. The molecule has 0 aliphatic heterocycles. The molecule has 0 radical (unpaired) electrons. The van der Waals surface area contributed by atoms with E-state index in [-0.39, 0.29) is 24.1 Å². The molecule has 2 aromatic rings. The fourth-order valence-electron chi connectivity index (χ4n) is 2.82. The molecule has 0 spiro atoms. The van der Waals surface area contributed by atoms with Crippen LogP contribution in [0.1, 0.15) is 25.0 Å². The van der Waals surface area contributed by atoms with Crippen molar-refractivity contribution in [2.75, 3.05) is 19.4 Å². The van der Waals surface area contributed by atoms with Gasteiger partial charge in [-0.2, -0.15) is 0 Å². The van der Waals surface area contributed by atoms with E-state index in [2.05, 4.69) is 5.32 Å². The zero-order valence-corrected chi connectivity index (χ0v) is 19.6. The second-order valence-corrected chi connectivity index (χ2v) is 8.43. The van der Waals surface area contributed by atoms with Crippen molar-refractivity contribution in [2.24, 2.45) is 0 Å². The van der Waals surface area contributed by atoms with Crippen molar-refractivity contribution in [1.29, 1.82) is 0 Å². The Kier molecular flexibility index (Phi) is 9.82. The molecular formula is C22H26Cl2N2O3S. The first-order valence-corrected chi connectivity index (χ1v) is 11.5. The van der Waals surface area contributed by atoms with Gasteiger partial charge in [-0.05, 0) is 43.7 Å². The lowest BCUT2D eigenvalue weighted by atomic mass is 10.1. The summed E-state index contributed by atoms with van der Waals surface area (Å²) in [6, 6.07) is 12.3. The van der Waals surface area contributed by atoms with Gasteiger partial charge in [0, 0.05) is 34.5 Å². The van der Waals surface area contributed by atoms with Crippen LogP contribution in [0, 0.1) is 0 Å². The summed E-state index contributed by atoms with van der Waals surface area (Å²) in [4.78, 5) is 27.0. The number of nitrogens with zero attached hydrogens (tertiary/aromatic N) is 1. The Morgan fingerprint density at radius 2 is 1.77 bits per heavy atom. The molecule has 0 aromatic heterocycles. The minimum absolute atomic E-state index is 0.150. The zero-order valence-electron chi connectivity index (χ0n) is 17.3. The minimum atomic E-state index is -0.647. The average molecular weight is 469 g/mol. The van der Waals surface area contributed by atoms with Crippen molar-refractivity contribution in [3.8, 4) is 5.75 Å². The second kappa shape index (κ2) is 12.1. The van der Waals surface area contributed by atoms with E-state index in [0.29, 0.717) is 27.9 Å². The molecule has 0 bridgehead atoms. The lowest BCUT2D eigenvalue weighted by Crippen LogP contribution is -2.48. The number of hydrogen-bond donors (Lipinski definition) is 1. The van der Waals surface area contributed by atoms with Crippen LogP contribution >= 0.6 is 35.0 Å². The molecule has 2 amide bonds. The lowest BCUT2D eigenvalue weighted by Gasteiger charge is -2.29. The number of hydrogen-bond acceptors (Lipinski definition) is 4. The summed E-state index contributed by atoms with van der Waals surface area (Å²) in [7, 11) is 1.62. The molecule has 30 heavy (non-hydrogen) atoms. The molecule has 0 fully saturated rings. The Hall–Kier alpha value is -1.89. The summed E-state index contributed by atoms with van der Waals surface area (Å²) in [5.41, 5.74) is 1.72. The van der Waals surface area contributed by atoms with Gasteiger partial charge in [0.15, 0.2) is 0 Å². The highest BCUT2D eigenvalue weighted by Crippen LogP contribution is 2.27. The third kappa shape index (κ3) is 6.83. The zero-order chi connectivity index (χ0) is 22.1. The molecule has 0 unspecified atom stereocenters. The van der Waals surface area contributed by atoms with Gasteiger partial charge in [-0.1, -0.05) is 41.4 Å². The normalized spacial score (nSPS) is 11.6. The van der Waals surface area contributed by atoms with Crippen molar-refractivity contribution < 1.29 is 14.3 Å². The van der Waals surface area contributed by atoms with Gasteiger partial charge in [-0.25, -0.2) is 0 Å². The van der Waals surface area contributed by atoms with Gasteiger partial charge in [0.2, 0.25) is 11.8 Å². The third-order valence-corrected chi connectivity index (χ3v) is 6.26. The van der Waals surface area contributed by atoms with E-state index in [4.69, 9.17) is 27.9 Å². The molecule has 0 aliphatic rings. The smallest absolute Gasteiger partial charge is 0.242 e. The number of methoxy groups -OCH3 is 1. The Balaban J connectivity index is 2.09. The van der Waals surface area contributed by atoms with Crippen LogP contribution in [0.5, 0.6) is 5.75 Å². The summed E-state index contributed by atoms with van der Waals surface area (Å²) >= 11 is 14.1. The van der Waals surface area contributed by atoms with Gasteiger partial charge in [-0.3, -0.25) is 9.59 Å². The van der Waals surface area contributed by atoms with Crippen molar-refractivity contribution in [3.63, 3.8) is 0 Å². The van der Waals surface area contributed by atoms with E-state index >= 15 is 0 Å². The molecular weight excluding hydrogens is 443 g/mol. The van der Waals surface area contributed by atoms with E-state index in [1.807, 2.05) is 31.2 Å². The summed E-state index contributed by atoms with van der Waals surface area (Å²) in [5.74, 6) is 1.33. The number of carbonyl (C=O) groups is 2. The Morgan fingerprint density at radius 3 is 2.33 bits per heavy atom. The van der Waals surface area contributed by atoms with Crippen LogP contribution in [0.25, 0.3) is 0 Å². The molecule has 0 aliphatic carbocycles. The van der Waals surface area contributed by atoms with E-state index in [1.165, 1.54) is 16.7 Å². The maximum Gasteiger partial charge on any atom is 0.242 e. The number of amides is 2. The standard InChI is InChI=1S/C22H26Cl2N2O3S/c1-4-25-22(28)15(2)26(12-18-19(23)6-5-7-20(18)24)21(27)14-30-13-16-8-10-17(29-3)11-9-16/h5-11,15H,4,12-14H2,1-3H3,(H,25,28)/t15-/m1/s1. The summed E-state index contributed by atoms with van der Waals surface area (Å²) in [6.07, 6.45) is 0. The predicted molar refractivity (Wildman–Crippen MR) is 124 cm³/mol. The molecule has 0 saturated heterocycles. The molecule has 1 atom stereocenters. The van der Waals surface area contributed by atoms with Crippen LogP contribution in [-0.2, 0) is 21.9 Å². The van der Waals surface area contributed by atoms with E-state index in [1.54, 1.807) is 32.2 Å². The predicted octanol–water partition coefficient (Wildman–Crippen LogP) is 4.79. The molecule has 2 rings (SSSR count). The Morgan fingerprint density at radius 1 is 1.13 bits per heavy atom. The van der Waals surface area contributed by atoms with Crippen molar-refractivity contribution in [1.82, 2.24) is 10.2 Å². The van der Waals surface area contributed by atoms with Crippen molar-refractivity contribution >= 4 is 46.8 Å². The maximum absolute atomic E-state index is 13.0. The number of ether oxygens (including phenoxy) is 1. The van der Waals surface area contributed by atoms with Crippen LogP contribution in [0.2, 0.25) is 10.0 Å². The van der Waals surface area contributed by atoms with Crippen LogP contribution < -0.4 is 10.1 Å². The highest BCUT2D eigenvalue weighted by atomic mass is 35.5. The highest BCUT2D eigenvalue weighted by molar-refractivity contribution is 7.99.